The number of methoxy groups -OCH3 is 2. The minimum absolute atomic E-state index is 0.0430. The summed E-state index contributed by atoms with van der Waals surface area (Å²) >= 11 is 0. The molecule has 0 spiro atoms. The van der Waals surface area contributed by atoms with Gasteiger partial charge in [0.25, 0.3) is 0 Å². The molecule has 1 N–H and O–H groups in total. The number of aryl methyl sites for hydroxylation is 1. The zero-order valence-electron chi connectivity index (χ0n) is 19.3. The molecule has 1 fully saturated rings. The Morgan fingerprint density at radius 1 is 1.16 bits per heavy atom. The number of anilines is 1. The fourth-order valence-corrected chi connectivity index (χ4v) is 5.76. The summed E-state index contributed by atoms with van der Waals surface area (Å²) in [6, 6.07) is 10.6. The lowest BCUT2D eigenvalue weighted by molar-refractivity contribution is -0.120. The maximum atomic E-state index is 13.4. The second kappa shape index (κ2) is 9.92. The molecule has 0 aromatic heterocycles. The van der Waals surface area contributed by atoms with Gasteiger partial charge in [-0.25, -0.2) is 8.42 Å². The molecular weight excluding hydrogens is 428 g/mol. The van der Waals surface area contributed by atoms with Gasteiger partial charge in [0, 0.05) is 24.8 Å². The molecule has 7 nitrogen and oxygen atoms in total. The molecule has 1 aliphatic heterocycles. The molecule has 0 unspecified atom stereocenters. The molecule has 0 radical (unpaired) electrons. The number of carbonyl (C=O) groups excluding carboxylic acids is 1. The smallest absolute Gasteiger partial charge is 0.246 e. The number of rotatable bonds is 7. The third-order valence-corrected chi connectivity index (χ3v) is 7.81. The second-order valence-electron chi connectivity index (χ2n) is 8.40. The highest BCUT2D eigenvalue weighted by Gasteiger charge is 2.35. The van der Waals surface area contributed by atoms with E-state index in [0.29, 0.717) is 25.1 Å². The van der Waals surface area contributed by atoms with E-state index >= 15 is 0 Å². The summed E-state index contributed by atoms with van der Waals surface area (Å²) in [5.41, 5.74) is 2.88. The van der Waals surface area contributed by atoms with Crippen LogP contribution in [0.2, 0.25) is 0 Å². The quantitative estimate of drug-likeness (QED) is 0.670. The summed E-state index contributed by atoms with van der Waals surface area (Å²) in [4.78, 5) is 13.2. The van der Waals surface area contributed by atoms with Crippen molar-refractivity contribution in [3.05, 3.63) is 47.5 Å². The van der Waals surface area contributed by atoms with Crippen molar-refractivity contribution in [2.45, 2.75) is 44.4 Å². The Hall–Kier alpha value is -2.58. The lowest BCUT2D eigenvalue weighted by atomic mass is 9.95. The Morgan fingerprint density at radius 2 is 1.91 bits per heavy atom. The maximum Gasteiger partial charge on any atom is 0.246 e. The fourth-order valence-electron chi connectivity index (χ4n) is 4.07. The standard InChI is InChI=1S/C24H32N2O5S/c1-16(2)20-10-6-8-17(3)23(20)25-24(27)18-9-7-13-26(15-18)32(28,29)22-14-19(30-4)11-12-21(22)31-5/h6,8,10-12,14,16,18H,7,9,13,15H2,1-5H3,(H,25,27)/t18-/m0/s1. The van der Waals surface area contributed by atoms with Crippen LogP contribution in [-0.2, 0) is 14.8 Å². The molecular formula is C24H32N2O5S. The molecule has 0 saturated carbocycles. The van der Waals surface area contributed by atoms with Gasteiger partial charge in [0.2, 0.25) is 15.9 Å². The van der Waals surface area contributed by atoms with Crippen LogP contribution in [0.25, 0.3) is 0 Å². The monoisotopic (exact) mass is 460 g/mol. The van der Waals surface area contributed by atoms with Crippen LogP contribution in [-0.4, -0.2) is 45.9 Å². The minimum Gasteiger partial charge on any atom is -0.497 e. The van der Waals surface area contributed by atoms with E-state index in [1.165, 1.54) is 24.6 Å². The highest BCUT2D eigenvalue weighted by atomic mass is 32.2. The Bertz CT molecular complexity index is 1080. The first-order chi connectivity index (χ1) is 15.2. The van der Waals surface area contributed by atoms with E-state index in [1.54, 1.807) is 12.1 Å². The van der Waals surface area contributed by atoms with E-state index in [2.05, 4.69) is 19.2 Å². The molecule has 1 amide bonds. The van der Waals surface area contributed by atoms with E-state index < -0.39 is 15.9 Å². The fraction of sp³-hybridized carbons (Fsp3) is 0.458. The summed E-state index contributed by atoms with van der Waals surface area (Å²) in [7, 11) is -0.943. The Labute approximate surface area is 190 Å². The predicted molar refractivity (Wildman–Crippen MR) is 125 cm³/mol. The molecule has 1 atom stereocenters. The molecule has 32 heavy (non-hydrogen) atoms. The number of nitrogens with zero attached hydrogens (tertiary/aromatic N) is 1. The van der Waals surface area contributed by atoms with Gasteiger partial charge in [-0.05, 0) is 48.9 Å². The summed E-state index contributed by atoms with van der Waals surface area (Å²) in [6.07, 6.45) is 1.24. The van der Waals surface area contributed by atoms with Crippen molar-refractivity contribution < 1.29 is 22.7 Å². The van der Waals surface area contributed by atoms with Crippen molar-refractivity contribution in [3.8, 4) is 11.5 Å². The van der Waals surface area contributed by atoms with Gasteiger partial charge in [-0.3, -0.25) is 4.79 Å². The third kappa shape index (κ3) is 4.91. The third-order valence-electron chi connectivity index (χ3n) is 5.92. The van der Waals surface area contributed by atoms with Crippen LogP contribution < -0.4 is 14.8 Å². The van der Waals surface area contributed by atoms with Crippen LogP contribution in [0.4, 0.5) is 5.69 Å². The van der Waals surface area contributed by atoms with Gasteiger partial charge in [-0.2, -0.15) is 4.31 Å². The molecule has 2 aromatic carbocycles. The Morgan fingerprint density at radius 3 is 2.56 bits per heavy atom. The number of nitrogens with one attached hydrogen (secondary N) is 1. The van der Waals surface area contributed by atoms with Crippen LogP contribution in [0.1, 0.15) is 43.7 Å². The largest absolute Gasteiger partial charge is 0.497 e. The summed E-state index contributed by atoms with van der Waals surface area (Å²) in [5, 5.41) is 3.08. The number of amides is 1. The van der Waals surface area contributed by atoms with Crippen LogP contribution >= 0.6 is 0 Å². The topological polar surface area (TPSA) is 84.9 Å². The second-order valence-corrected chi connectivity index (χ2v) is 10.3. The van der Waals surface area contributed by atoms with Gasteiger partial charge in [-0.15, -0.1) is 0 Å². The molecule has 2 aromatic rings. The normalized spacial score (nSPS) is 17.2. The van der Waals surface area contributed by atoms with Crippen molar-refractivity contribution in [3.63, 3.8) is 0 Å². The van der Waals surface area contributed by atoms with Crippen molar-refractivity contribution in [1.82, 2.24) is 4.31 Å². The van der Waals surface area contributed by atoms with Crippen molar-refractivity contribution in [2.75, 3.05) is 32.6 Å². The number of ether oxygens (including phenoxy) is 2. The lowest BCUT2D eigenvalue weighted by Gasteiger charge is -2.32. The van der Waals surface area contributed by atoms with Crippen LogP contribution in [0.15, 0.2) is 41.3 Å². The average molecular weight is 461 g/mol. The number of hydrogen-bond donors (Lipinski definition) is 1. The van der Waals surface area contributed by atoms with Gasteiger partial charge in [0.15, 0.2) is 0 Å². The molecule has 1 heterocycles. The average Bonchev–Trinajstić information content (AvgIpc) is 2.79. The van der Waals surface area contributed by atoms with Crippen molar-refractivity contribution in [1.29, 1.82) is 0 Å². The predicted octanol–water partition coefficient (Wildman–Crippen LogP) is 4.18. The molecule has 0 aliphatic carbocycles. The van der Waals surface area contributed by atoms with E-state index in [1.807, 2.05) is 25.1 Å². The number of carbonyl (C=O) groups is 1. The molecule has 1 saturated heterocycles. The highest BCUT2D eigenvalue weighted by Crippen LogP contribution is 2.33. The zero-order chi connectivity index (χ0) is 23.5. The summed E-state index contributed by atoms with van der Waals surface area (Å²) < 4.78 is 38.7. The Kier molecular flexibility index (Phi) is 7.46. The molecule has 0 bridgehead atoms. The van der Waals surface area contributed by atoms with E-state index in [4.69, 9.17) is 9.47 Å². The SMILES string of the molecule is COc1ccc(OC)c(S(=O)(=O)N2CCC[C@H](C(=O)Nc3c(C)cccc3C(C)C)C2)c1. The van der Waals surface area contributed by atoms with E-state index in [0.717, 1.165) is 16.8 Å². The van der Waals surface area contributed by atoms with Gasteiger partial charge >= 0.3 is 0 Å². The number of para-hydroxylation sites is 1. The van der Waals surface area contributed by atoms with Gasteiger partial charge in [0.05, 0.1) is 20.1 Å². The Balaban J connectivity index is 1.84. The number of benzene rings is 2. The van der Waals surface area contributed by atoms with Crippen LogP contribution in [0.5, 0.6) is 11.5 Å². The summed E-state index contributed by atoms with van der Waals surface area (Å²) in [6.45, 7) is 6.61. The summed E-state index contributed by atoms with van der Waals surface area (Å²) in [5.74, 6) is 0.345. The lowest BCUT2D eigenvalue weighted by Crippen LogP contribution is -2.43. The van der Waals surface area contributed by atoms with Gasteiger partial charge < -0.3 is 14.8 Å². The first-order valence-electron chi connectivity index (χ1n) is 10.8. The molecule has 3 rings (SSSR count). The minimum atomic E-state index is -3.86. The molecule has 1 aliphatic rings. The van der Waals surface area contributed by atoms with Crippen LogP contribution in [0, 0.1) is 12.8 Å². The van der Waals surface area contributed by atoms with Crippen molar-refractivity contribution >= 4 is 21.6 Å². The van der Waals surface area contributed by atoms with E-state index in [9.17, 15) is 13.2 Å². The number of piperidine rings is 1. The van der Waals surface area contributed by atoms with E-state index in [-0.39, 0.29) is 29.0 Å². The van der Waals surface area contributed by atoms with Gasteiger partial charge in [-0.1, -0.05) is 32.0 Å². The maximum absolute atomic E-state index is 13.4. The highest BCUT2D eigenvalue weighted by molar-refractivity contribution is 7.89. The molecule has 174 valence electrons. The molecule has 8 heteroatoms. The first-order valence-corrected chi connectivity index (χ1v) is 12.3. The number of hydrogen-bond acceptors (Lipinski definition) is 5. The van der Waals surface area contributed by atoms with Gasteiger partial charge in [0.1, 0.15) is 16.4 Å². The first kappa shape index (κ1) is 24.1. The number of sulfonamides is 1. The van der Waals surface area contributed by atoms with Crippen molar-refractivity contribution in [2.24, 2.45) is 5.92 Å². The van der Waals surface area contributed by atoms with Crippen LogP contribution in [0.3, 0.4) is 0 Å². The zero-order valence-corrected chi connectivity index (χ0v) is 20.2.